The molecule has 3 rings (SSSR count). The molecule has 1 aliphatic rings. The second-order valence-electron chi connectivity index (χ2n) is 8.97. The minimum Gasteiger partial charge on any atom is -0.460 e. The molecule has 2 unspecified atom stereocenters. The Hall–Kier alpha value is -2.13. The zero-order valence-electron chi connectivity index (χ0n) is 16.9. The summed E-state index contributed by atoms with van der Waals surface area (Å²) in [6.07, 6.45) is -0.136. The topological polar surface area (TPSA) is 35.5 Å². The first-order valence-electron chi connectivity index (χ1n) is 9.64. The van der Waals surface area contributed by atoms with Gasteiger partial charge in [0.15, 0.2) is 0 Å². The predicted molar refractivity (Wildman–Crippen MR) is 107 cm³/mol. The lowest BCUT2D eigenvalue weighted by Crippen LogP contribution is -2.26. The first kappa shape index (κ1) is 19.6. The molecule has 0 radical (unpaired) electrons. The average Bonchev–Trinajstić information content (AvgIpc) is 3.16. The normalized spacial score (nSPS) is 21.1. The number of carbonyl (C=O) groups excluding carboxylic acids is 1. The van der Waals surface area contributed by atoms with Crippen LogP contribution in [0.5, 0.6) is 0 Å². The molecule has 0 aliphatic heterocycles. The van der Waals surface area contributed by atoms with Crippen molar-refractivity contribution in [2.45, 2.75) is 46.3 Å². The number of ether oxygens (including phenoxy) is 2. The van der Waals surface area contributed by atoms with Gasteiger partial charge in [-0.25, -0.2) is 0 Å². The zero-order chi connectivity index (χ0) is 19.7. The predicted octanol–water partition coefficient (Wildman–Crippen LogP) is 5.41. The second-order valence-corrected chi connectivity index (χ2v) is 8.97. The van der Waals surface area contributed by atoms with Gasteiger partial charge < -0.3 is 9.47 Å². The maximum atomic E-state index is 12.6. The van der Waals surface area contributed by atoms with Crippen LogP contribution in [0.2, 0.25) is 0 Å². The highest BCUT2D eigenvalue weighted by atomic mass is 16.6. The number of benzene rings is 2. The SMILES string of the molecule is CC(C)(C)OC(=O)C1C(COC(c2ccccc2)c2ccccc2)C1(C)C. The van der Waals surface area contributed by atoms with Crippen molar-refractivity contribution in [3.63, 3.8) is 0 Å². The van der Waals surface area contributed by atoms with Gasteiger partial charge in [0.25, 0.3) is 0 Å². The maximum Gasteiger partial charge on any atom is 0.310 e. The summed E-state index contributed by atoms with van der Waals surface area (Å²) >= 11 is 0. The molecule has 2 atom stereocenters. The van der Waals surface area contributed by atoms with Gasteiger partial charge >= 0.3 is 5.97 Å². The Morgan fingerprint density at radius 3 is 1.89 bits per heavy atom. The third kappa shape index (κ3) is 4.59. The van der Waals surface area contributed by atoms with E-state index < -0.39 is 5.60 Å². The number of rotatable bonds is 6. The van der Waals surface area contributed by atoms with Gasteiger partial charge in [-0.3, -0.25) is 4.79 Å². The van der Waals surface area contributed by atoms with E-state index in [4.69, 9.17) is 9.47 Å². The maximum absolute atomic E-state index is 12.6. The van der Waals surface area contributed by atoms with Crippen LogP contribution < -0.4 is 0 Å². The first-order chi connectivity index (χ1) is 12.7. The lowest BCUT2D eigenvalue weighted by Gasteiger charge is -2.20. The average molecular weight is 367 g/mol. The van der Waals surface area contributed by atoms with E-state index in [2.05, 4.69) is 38.1 Å². The smallest absolute Gasteiger partial charge is 0.310 e. The molecule has 0 bridgehead atoms. The summed E-state index contributed by atoms with van der Waals surface area (Å²) in [7, 11) is 0. The first-order valence-corrected chi connectivity index (χ1v) is 9.64. The lowest BCUT2D eigenvalue weighted by molar-refractivity contribution is -0.157. The molecule has 0 saturated heterocycles. The minimum absolute atomic E-state index is 0.0970. The monoisotopic (exact) mass is 366 g/mol. The van der Waals surface area contributed by atoms with Crippen LogP contribution in [0.25, 0.3) is 0 Å². The standard InChI is InChI=1S/C24H30O3/c1-23(2,3)27-22(25)20-19(24(20,4)5)16-26-21(17-12-8-6-9-13-17)18-14-10-7-11-15-18/h6-15,19-21H,16H2,1-5H3. The largest absolute Gasteiger partial charge is 0.460 e. The highest BCUT2D eigenvalue weighted by Gasteiger charge is 2.63. The summed E-state index contributed by atoms with van der Waals surface area (Å²) in [5.74, 6) is -0.0525. The van der Waals surface area contributed by atoms with Crippen molar-refractivity contribution in [1.82, 2.24) is 0 Å². The molecule has 3 heteroatoms. The molecule has 27 heavy (non-hydrogen) atoms. The van der Waals surface area contributed by atoms with Gasteiger partial charge in [0, 0.05) is 5.92 Å². The minimum atomic E-state index is -0.461. The third-order valence-electron chi connectivity index (χ3n) is 5.36. The van der Waals surface area contributed by atoms with Crippen LogP contribution in [-0.2, 0) is 14.3 Å². The van der Waals surface area contributed by atoms with Crippen LogP contribution in [0.1, 0.15) is 51.8 Å². The van der Waals surface area contributed by atoms with E-state index in [0.717, 1.165) is 11.1 Å². The van der Waals surface area contributed by atoms with E-state index >= 15 is 0 Å². The molecule has 144 valence electrons. The summed E-state index contributed by atoms with van der Waals surface area (Å²) in [5, 5.41) is 0. The Labute approximate surface area is 162 Å². The molecule has 0 amide bonds. The Morgan fingerprint density at radius 1 is 0.963 bits per heavy atom. The number of carbonyl (C=O) groups is 1. The summed E-state index contributed by atoms with van der Waals surface area (Å²) in [5.41, 5.74) is 1.69. The van der Waals surface area contributed by atoms with E-state index in [1.807, 2.05) is 57.2 Å². The van der Waals surface area contributed by atoms with Crippen LogP contribution >= 0.6 is 0 Å². The summed E-state index contributed by atoms with van der Waals surface area (Å²) in [6.45, 7) is 10.5. The third-order valence-corrected chi connectivity index (χ3v) is 5.36. The molecule has 0 N–H and O–H groups in total. The van der Waals surface area contributed by atoms with Gasteiger partial charge in [0.05, 0.1) is 12.5 Å². The second kappa shape index (κ2) is 7.47. The molecule has 3 nitrogen and oxygen atoms in total. The van der Waals surface area contributed by atoms with Crippen molar-refractivity contribution in [2.24, 2.45) is 17.3 Å². The molecule has 0 spiro atoms. The molecule has 1 aliphatic carbocycles. The van der Waals surface area contributed by atoms with Gasteiger partial charge in [0.2, 0.25) is 0 Å². The molecule has 1 saturated carbocycles. The Kier molecular flexibility index (Phi) is 5.43. The van der Waals surface area contributed by atoms with E-state index in [1.165, 1.54) is 0 Å². The van der Waals surface area contributed by atoms with Crippen LogP contribution in [-0.4, -0.2) is 18.2 Å². The quantitative estimate of drug-likeness (QED) is 0.642. The van der Waals surface area contributed by atoms with Crippen molar-refractivity contribution in [3.8, 4) is 0 Å². The van der Waals surface area contributed by atoms with Crippen LogP contribution in [0.4, 0.5) is 0 Å². The van der Waals surface area contributed by atoms with Gasteiger partial charge in [-0.05, 0) is 37.3 Å². The molecular weight excluding hydrogens is 336 g/mol. The van der Waals surface area contributed by atoms with Crippen molar-refractivity contribution in [1.29, 1.82) is 0 Å². The van der Waals surface area contributed by atoms with Crippen LogP contribution in [0.15, 0.2) is 60.7 Å². The van der Waals surface area contributed by atoms with Gasteiger partial charge in [0.1, 0.15) is 11.7 Å². The van der Waals surface area contributed by atoms with Crippen molar-refractivity contribution < 1.29 is 14.3 Å². The molecule has 2 aromatic carbocycles. The molecule has 0 aromatic heterocycles. The van der Waals surface area contributed by atoms with Gasteiger partial charge in [-0.15, -0.1) is 0 Å². The lowest BCUT2D eigenvalue weighted by atomic mass is 10.0. The number of hydrogen-bond acceptors (Lipinski definition) is 3. The van der Waals surface area contributed by atoms with E-state index in [-0.39, 0.29) is 29.3 Å². The molecule has 2 aromatic rings. The highest BCUT2D eigenvalue weighted by Crippen LogP contribution is 2.59. The summed E-state index contributed by atoms with van der Waals surface area (Å²) in [6, 6.07) is 20.5. The fourth-order valence-electron chi connectivity index (χ4n) is 3.73. The highest BCUT2D eigenvalue weighted by molar-refractivity contribution is 5.78. The van der Waals surface area contributed by atoms with Gasteiger partial charge in [-0.2, -0.15) is 0 Å². The number of hydrogen-bond donors (Lipinski definition) is 0. The fourth-order valence-corrected chi connectivity index (χ4v) is 3.73. The van der Waals surface area contributed by atoms with Crippen molar-refractivity contribution >= 4 is 5.97 Å². The Morgan fingerprint density at radius 2 is 1.44 bits per heavy atom. The van der Waals surface area contributed by atoms with Crippen LogP contribution in [0, 0.1) is 17.3 Å². The fraction of sp³-hybridized carbons (Fsp3) is 0.458. The Bertz CT molecular complexity index is 720. The van der Waals surface area contributed by atoms with E-state index in [1.54, 1.807) is 0 Å². The molecule has 1 fully saturated rings. The van der Waals surface area contributed by atoms with Crippen molar-refractivity contribution in [3.05, 3.63) is 71.8 Å². The molecule has 0 heterocycles. The van der Waals surface area contributed by atoms with Crippen molar-refractivity contribution in [2.75, 3.05) is 6.61 Å². The number of esters is 1. The van der Waals surface area contributed by atoms with Gasteiger partial charge in [-0.1, -0.05) is 74.5 Å². The van der Waals surface area contributed by atoms with Crippen LogP contribution in [0.3, 0.4) is 0 Å². The Balaban J connectivity index is 1.72. The summed E-state index contributed by atoms with van der Waals surface area (Å²) < 4.78 is 12.0. The van der Waals surface area contributed by atoms with E-state index in [9.17, 15) is 4.79 Å². The zero-order valence-corrected chi connectivity index (χ0v) is 16.9. The van der Waals surface area contributed by atoms with E-state index in [0.29, 0.717) is 6.61 Å². The molecular formula is C24H30O3. The summed E-state index contributed by atoms with van der Waals surface area (Å²) in [4.78, 5) is 12.6.